The van der Waals surface area contributed by atoms with Crippen LogP contribution in [0.15, 0.2) is 0 Å². The molecule has 1 fully saturated rings. The first kappa shape index (κ1) is 9.96. The molecule has 0 radical (unpaired) electrons. The molecule has 0 aliphatic carbocycles. The largest absolute Gasteiger partial charge is 0.375 e. The molecule has 1 atom stereocenters. The van der Waals surface area contributed by atoms with Gasteiger partial charge in [-0.15, -0.1) is 0 Å². The summed E-state index contributed by atoms with van der Waals surface area (Å²) in [6.07, 6.45) is 0.408. The fraction of sp³-hybridized carbons (Fsp3) is 1.00. The molecular formula is C9H20N2O. The molecule has 1 heterocycles. The predicted octanol–water partition coefficient (Wildman–Crippen LogP) is 0.302. The van der Waals surface area contributed by atoms with Crippen molar-refractivity contribution in [1.29, 1.82) is 0 Å². The van der Waals surface area contributed by atoms with Gasteiger partial charge in [0, 0.05) is 26.2 Å². The summed E-state index contributed by atoms with van der Waals surface area (Å²) in [5, 5.41) is 0. The Labute approximate surface area is 74.9 Å². The van der Waals surface area contributed by atoms with E-state index in [0.29, 0.717) is 12.0 Å². The first-order valence-electron chi connectivity index (χ1n) is 4.78. The molecule has 0 unspecified atom stereocenters. The van der Waals surface area contributed by atoms with Crippen molar-refractivity contribution in [2.75, 3.05) is 32.8 Å². The summed E-state index contributed by atoms with van der Waals surface area (Å²) < 4.78 is 5.63. The monoisotopic (exact) mass is 172 g/mol. The van der Waals surface area contributed by atoms with Gasteiger partial charge in [-0.25, -0.2) is 0 Å². The lowest BCUT2D eigenvalue weighted by Crippen LogP contribution is -2.46. The lowest BCUT2D eigenvalue weighted by Gasteiger charge is -2.34. The molecule has 1 aliphatic rings. The summed E-state index contributed by atoms with van der Waals surface area (Å²) in [6, 6.07) is 0. The Morgan fingerprint density at radius 1 is 1.58 bits per heavy atom. The van der Waals surface area contributed by atoms with Crippen molar-refractivity contribution < 1.29 is 4.74 Å². The minimum Gasteiger partial charge on any atom is -0.375 e. The highest BCUT2D eigenvalue weighted by atomic mass is 16.5. The third kappa shape index (κ3) is 2.73. The van der Waals surface area contributed by atoms with E-state index in [1.54, 1.807) is 0 Å². The van der Waals surface area contributed by atoms with Crippen LogP contribution in [-0.4, -0.2) is 43.8 Å². The summed E-state index contributed by atoms with van der Waals surface area (Å²) in [4.78, 5) is 2.38. The van der Waals surface area contributed by atoms with Crippen LogP contribution in [0, 0.1) is 5.92 Å². The molecule has 3 heteroatoms. The highest BCUT2D eigenvalue weighted by Crippen LogP contribution is 2.12. The van der Waals surface area contributed by atoms with E-state index in [0.717, 1.165) is 32.8 Å². The summed E-state index contributed by atoms with van der Waals surface area (Å²) in [5.41, 5.74) is 5.50. The van der Waals surface area contributed by atoms with Crippen molar-refractivity contribution >= 4 is 0 Å². The Bertz CT molecular complexity index is 126. The van der Waals surface area contributed by atoms with Gasteiger partial charge in [0.15, 0.2) is 0 Å². The maximum absolute atomic E-state index is 5.63. The van der Waals surface area contributed by atoms with E-state index in [-0.39, 0.29) is 0 Å². The Morgan fingerprint density at radius 2 is 2.33 bits per heavy atom. The van der Waals surface area contributed by atoms with Crippen LogP contribution >= 0.6 is 0 Å². The topological polar surface area (TPSA) is 38.5 Å². The van der Waals surface area contributed by atoms with Gasteiger partial charge in [0.05, 0.1) is 12.7 Å². The molecule has 0 aromatic carbocycles. The zero-order valence-corrected chi connectivity index (χ0v) is 8.12. The Balaban J connectivity index is 2.30. The van der Waals surface area contributed by atoms with E-state index in [9.17, 15) is 0 Å². The van der Waals surface area contributed by atoms with Crippen LogP contribution < -0.4 is 5.73 Å². The molecule has 72 valence electrons. The first-order chi connectivity index (χ1) is 5.74. The second kappa shape index (κ2) is 4.80. The molecule has 0 spiro atoms. The fourth-order valence-corrected chi connectivity index (χ4v) is 1.52. The number of ether oxygens (including phenoxy) is 1. The van der Waals surface area contributed by atoms with Crippen molar-refractivity contribution in [1.82, 2.24) is 4.90 Å². The van der Waals surface area contributed by atoms with Gasteiger partial charge in [-0.2, -0.15) is 0 Å². The SMILES string of the molecule is CC(C)[C@@H]1CN(CCN)CCO1. The van der Waals surface area contributed by atoms with Crippen molar-refractivity contribution in [3.8, 4) is 0 Å². The number of nitrogens with zero attached hydrogens (tertiary/aromatic N) is 1. The molecular weight excluding hydrogens is 152 g/mol. The average molecular weight is 172 g/mol. The minimum atomic E-state index is 0.408. The molecule has 0 bridgehead atoms. The van der Waals surface area contributed by atoms with Crippen LogP contribution in [0.5, 0.6) is 0 Å². The number of nitrogens with two attached hydrogens (primary N) is 1. The zero-order valence-electron chi connectivity index (χ0n) is 8.12. The fourth-order valence-electron chi connectivity index (χ4n) is 1.52. The van der Waals surface area contributed by atoms with Crippen LogP contribution in [0.3, 0.4) is 0 Å². The summed E-state index contributed by atoms with van der Waals surface area (Å²) in [7, 11) is 0. The van der Waals surface area contributed by atoms with Gasteiger partial charge in [-0.3, -0.25) is 4.90 Å². The average Bonchev–Trinajstić information content (AvgIpc) is 2.05. The predicted molar refractivity (Wildman–Crippen MR) is 50.1 cm³/mol. The molecule has 0 amide bonds. The van der Waals surface area contributed by atoms with E-state index >= 15 is 0 Å². The molecule has 1 saturated heterocycles. The Morgan fingerprint density at radius 3 is 2.92 bits per heavy atom. The molecule has 0 saturated carbocycles. The standard InChI is InChI=1S/C9H20N2O/c1-8(2)9-7-11(4-3-10)5-6-12-9/h8-9H,3-7,10H2,1-2H3/t9-/m0/s1. The van der Waals surface area contributed by atoms with Crippen LogP contribution in [0.1, 0.15) is 13.8 Å². The van der Waals surface area contributed by atoms with Crippen molar-refractivity contribution in [2.45, 2.75) is 20.0 Å². The smallest absolute Gasteiger partial charge is 0.0725 e. The maximum atomic E-state index is 5.63. The van der Waals surface area contributed by atoms with Gasteiger partial charge in [0.1, 0.15) is 0 Å². The normalized spacial score (nSPS) is 26.5. The lowest BCUT2D eigenvalue weighted by atomic mass is 10.1. The van der Waals surface area contributed by atoms with Crippen molar-refractivity contribution in [3.05, 3.63) is 0 Å². The number of hydrogen-bond donors (Lipinski definition) is 1. The Kier molecular flexibility index (Phi) is 3.98. The van der Waals surface area contributed by atoms with Gasteiger partial charge in [0.2, 0.25) is 0 Å². The highest BCUT2D eigenvalue weighted by Gasteiger charge is 2.21. The summed E-state index contributed by atoms with van der Waals surface area (Å²) in [6.45, 7) is 9.13. The first-order valence-corrected chi connectivity index (χ1v) is 4.78. The molecule has 2 N–H and O–H groups in total. The van der Waals surface area contributed by atoms with E-state index in [4.69, 9.17) is 10.5 Å². The number of morpholine rings is 1. The van der Waals surface area contributed by atoms with Crippen LogP contribution in [0.4, 0.5) is 0 Å². The van der Waals surface area contributed by atoms with E-state index < -0.39 is 0 Å². The molecule has 12 heavy (non-hydrogen) atoms. The third-order valence-corrected chi connectivity index (χ3v) is 2.37. The summed E-state index contributed by atoms with van der Waals surface area (Å²) in [5.74, 6) is 0.616. The van der Waals surface area contributed by atoms with Crippen LogP contribution in [-0.2, 0) is 4.74 Å². The van der Waals surface area contributed by atoms with Crippen molar-refractivity contribution in [2.24, 2.45) is 11.7 Å². The van der Waals surface area contributed by atoms with Gasteiger partial charge in [-0.1, -0.05) is 13.8 Å². The maximum Gasteiger partial charge on any atom is 0.0725 e. The van der Waals surface area contributed by atoms with Gasteiger partial charge < -0.3 is 10.5 Å². The lowest BCUT2D eigenvalue weighted by molar-refractivity contribution is -0.0493. The second-order valence-electron chi connectivity index (χ2n) is 3.74. The van der Waals surface area contributed by atoms with Gasteiger partial charge in [0.25, 0.3) is 0 Å². The number of hydrogen-bond acceptors (Lipinski definition) is 3. The second-order valence-corrected chi connectivity index (χ2v) is 3.74. The van der Waals surface area contributed by atoms with Crippen LogP contribution in [0.25, 0.3) is 0 Å². The molecule has 3 nitrogen and oxygen atoms in total. The molecule has 0 aromatic heterocycles. The number of rotatable bonds is 3. The van der Waals surface area contributed by atoms with E-state index in [2.05, 4.69) is 18.7 Å². The van der Waals surface area contributed by atoms with E-state index in [1.807, 2.05) is 0 Å². The van der Waals surface area contributed by atoms with Gasteiger partial charge in [-0.05, 0) is 5.92 Å². The molecule has 1 aliphatic heterocycles. The van der Waals surface area contributed by atoms with Crippen molar-refractivity contribution in [3.63, 3.8) is 0 Å². The molecule has 1 rings (SSSR count). The Hall–Kier alpha value is -0.120. The summed E-state index contributed by atoms with van der Waals surface area (Å²) >= 11 is 0. The highest BCUT2D eigenvalue weighted by molar-refractivity contribution is 4.73. The zero-order chi connectivity index (χ0) is 8.97. The molecule has 0 aromatic rings. The van der Waals surface area contributed by atoms with Crippen LogP contribution in [0.2, 0.25) is 0 Å². The quantitative estimate of drug-likeness (QED) is 0.665. The van der Waals surface area contributed by atoms with E-state index in [1.165, 1.54) is 0 Å². The minimum absolute atomic E-state index is 0.408. The third-order valence-electron chi connectivity index (χ3n) is 2.37. The van der Waals surface area contributed by atoms with Gasteiger partial charge >= 0.3 is 0 Å².